The van der Waals surface area contributed by atoms with Crippen molar-refractivity contribution in [1.29, 1.82) is 0 Å². The molecule has 0 aromatic heterocycles. The standard InChI is InChI=1S/C17H19BrO/c1-2-3-4-5-10-17(19)15-11-12-16(18)14-9-7-6-8-13(14)15/h6-9,11-12H,2-5,10H2,1H3. The third-order valence-electron chi connectivity index (χ3n) is 3.43. The number of halogens is 1. The van der Waals surface area contributed by atoms with Gasteiger partial charge in [-0.3, -0.25) is 4.79 Å². The molecule has 2 rings (SSSR count). The zero-order valence-electron chi connectivity index (χ0n) is 11.3. The molecule has 0 N–H and O–H groups in total. The van der Waals surface area contributed by atoms with E-state index in [1.807, 2.05) is 36.4 Å². The second kappa shape index (κ2) is 6.85. The molecule has 100 valence electrons. The van der Waals surface area contributed by atoms with Crippen LogP contribution in [0.15, 0.2) is 40.9 Å². The fourth-order valence-electron chi connectivity index (χ4n) is 2.35. The lowest BCUT2D eigenvalue weighted by Gasteiger charge is -2.07. The molecule has 2 aromatic carbocycles. The van der Waals surface area contributed by atoms with Crippen LogP contribution in [-0.4, -0.2) is 5.78 Å². The molecular weight excluding hydrogens is 300 g/mol. The molecule has 1 nitrogen and oxygen atoms in total. The van der Waals surface area contributed by atoms with Gasteiger partial charge in [0.05, 0.1) is 0 Å². The molecule has 0 aliphatic rings. The molecule has 0 radical (unpaired) electrons. The average molecular weight is 319 g/mol. The highest BCUT2D eigenvalue weighted by molar-refractivity contribution is 9.10. The van der Waals surface area contributed by atoms with Gasteiger partial charge in [0.1, 0.15) is 0 Å². The smallest absolute Gasteiger partial charge is 0.163 e. The van der Waals surface area contributed by atoms with Gasteiger partial charge < -0.3 is 0 Å². The maximum atomic E-state index is 12.3. The Kier molecular flexibility index (Phi) is 5.15. The van der Waals surface area contributed by atoms with Crippen molar-refractivity contribution in [3.63, 3.8) is 0 Å². The molecule has 0 spiro atoms. The first-order valence-corrected chi connectivity index (χ1v) is 7.73. The number of hydrogen-bond acceptors (Lipinski definition) is 1. The van der Waals surface area contributed by atoms with Gasteiger partial charge in [0.25, 0.3) is 0 Å². The van der Waals surface area contributed by atoms with Gasteiger partial charge in [-0.2, -0.15) is 0 Å². The number of fused-ring (bicyclic) bond motifs is 1. The molecule has 0 unspecified atom stereocenters. The lowest BCUT2D eigenvalue weighted by Crippen LogP contribution is -2.00. The summed E-state index contributed by atoms with van der Waals surface area (Å²) in [5.74, 6) is 0.264. The van der Waals surface area contributed by atoms with Crippen LogP contribution in [-0.2, 0) is 0 Å². The quantitative estimate of drug-likeness (QED) is 0.489. The number of hydrogen-bond donors (Lipinski definition) is 0. The Labute approximate surface area is 123 Å². The van der Waals surface area contributed by atoms with E-state index in [9.17, 15) is 4.79 Å². The third kappa shape index (κ3) is 3.44. The molecule has 0 bridgehead atoms. The summed E-state index contributed by atoms with van der Waals surface area (Å²) in [6.07, 6.45) is 5.23. The largest absolute Gasteiger partial charge is 0.294 e. The second-order valence-electron chi connectivity index (χ2n) is 4.87. The van der Waals surface area contributed by atoms with Crippen LogP contribution in [0.25, 0.3) is 10.8 Å². The molecule has 0 amide bonds. The zero-order chi connectivity index (χ0) is 13.7. The van der Waals surface area contributed by atoms with Crippen LogP contribution in [0.5, 0.6) is 0 Å². The fraction of sp³-hybridized carbons (Fsp3) is 0.353. The number of ketones is 1. The van der Waals surface area contributed by atoms with E-state index in [4.69, 9.17) is 0 Å². The summed E-state index contributed by atoms with van der Waals surface area (Å²) in [5, 5.41) is 2.17. The number of carbonyl (C=O) groups is 1. The number of unbranched alkanes of at least 4 members (excludes halogenated alkanes) is 3. The Hall–Kier alpha value is -1.15. The predicted octanol–water partition coefficient (Wildman–Crippen LogP) is 5.76. The van der Waals surface area contributed by atoms with Crippen LogP contribution in [0.2, 0.25) is 0 Å². The van der Waals surface area contributed by atoms with Gasteiger partial charge in [-0.15, -0.1) is 0 Å². The Bertz CT molecular complexity index is 574. The maximum absolute atomic E-state index is 12.3. The topological polar surface area (TPSA) is 17.1 Å². The summed E-state index contributed by atoms with van der Waals surface area (Å²) in [6, 6.07) is 12.0. The minimum atomic E-state index is 0.264. The van der Waals surface area contributed by atoms with E-state index in [-0.39, 0.29) is 5.78 Å². The summed E-state index contributed by atoms with van der Waals surface area (Å²) in [5.41, 5.74) is 0.857. The predicted molar refractivity (Wildman–Crippen MR) is 84.7 cm³/mol. The molecule has 2 heteroatoms. The van der Waals surface area contributed by atoms with Crippen LogP contribution < -0.4 is 0 Å². The highest BCUT2D eigenvalue weighted by Gasteiger charge is 2.11. The maximum Gasteiger partial charge on any atom is 0.163 e. The van der Waals surface area contributed by atoms with Crippen LogP contribution in [0.4, 0.5) is 0 Å². The molecular formula is C17H19BrO. The minimum absolute atomic E-state index is 0.264. The van der Waals surface area contributed by atoms with E-state index < -0.39 is 0 Å². The SMILES string of the molecule is CCCCCCC(=O)c1ccc(Br)c2ccccc12. The van der Waals surface area contributed by atoms with E-state index in [1.54, 1.807) is 0 Å². The van der Waals surface area contributed by atoms with Crippen molar-refractivity contribution in [3.05, 3.63) is 46.4 Å². The molecule has 0 saturated heterocycles. The molecule has 0 fully saturated rings. The monoisotopic (exact) mass is 318 g/mol. The first-order valence-electron chi connectivity index (χ1n) is 6.94. The molecule has 0 atom stereocenters. The number of Topliss-reactive ketones (excluding diaryl/α,β-unsaturated/α-hetero) is 1. The van der Waals surface area contributed by atoms with Gasteiger partial charge in [-0.25, -0.2) is 0 Å². The fourth-order valence-corrected chi connectivity index (χ4v) is 2.83. The lowest BCUT2D eigenvalue weighted by molar-refractivity contribution is 0.0980. The van der Waals surface area contributed by atoms with Crippen LogP contribution in [0.3, 0.4) is 0 Å². The van der Waals surface area contributed by atoms with E-state index in [1.165, 1.54) is 12.8 Å². The Morgan fingerprint density at radius 2 is 1.74 bits per heavy atom. The number of carbonyl (C=O) groups excluding carboxylic acids is 1. The van der Waals surface area contributed by atoms with E-state index in [0.29, 0.717) is 6.42 Å². The number of rotatable bonds is 6. The summed E-state index contributed by atoms with van der Waals surface area (Å²) < 4.78 is 1.05. The highest BCUT2D eigenvalue weighted by Crippen LogP contribution is 2.27. The summed E-state index contributed by atoms with van der Waals surface area (Å²) in [6.45, 7) is 2.18. The second-order valence-corrected chi connectivity index (χ2v) is 5.73. The Balaban J connectivity index is 2.20. The van der Waals surface area contributed by atoms with Crippen molar-refractivity contribution in [2.24, 2.45) is 0 Å². The third-order valence-corrected chi connectivity index (χ3v) is 4.12. The summed E-state index contributed by atoms with van der Waals surface area (Å²) in [4.78, 5) is 12.3. The van der Waals surface area contributed by atoms with Gasteiger partial charge in [0, 0.05) is 16.5 Å². The van der Waals surface area contributed by atoms with E-state index in [2.05, 4.69) is 22.9 Å². The molecule has 2 aromatic rings. The van der Waals surface area contributed by atoms with Gasteiger partial charge in [0.15, 0.2) is 5.78 Å². The van der Waals surface area contributed by atoms with Crippen molar-refractivity contribution < 1.29 is 4.79 Å². The molecule has 0 saturated carbocycles. The lowest BCUT2D eigenvalue weighted by atomic mass is 9.98. The molecule has 19 heavy (non-hydrogen) atoms. The van der Waals surface area contributed by atoms with Gasteiger partial charge in [-0.1, -0.05) is 66.4 Å². The van der Waals surface area contributed by atoms with Crippen LogP contribution >= 0.6 is 15.9 Å². The Morgan fingerprint density at radius 1 is 1.00 bits per heavy atom. The Morgan fingerprint density at radius 3 is 2.47 bits per heavy atom. The highest BCUT2D eigenvalue weighted by atomic mass is 79.9. The van der Waals surface area contributed by atoms with Gasteiger partial charge in [-0.05, 0) is 29.3 Å². The van der Waals surface area contributed by atoms with Crippen molar-refractivity contribution >= 4 is 32.5 Å². The zero-order valence-corrected chi connectivity index (χ0v) is 12.9. The molecule has 0 heterocycles. The van der Waals surface area contributed by atoms with Crippen LogP contribution in [0, 0.1) is 0 Å². The van der Waals surface area contributed by atoms with Crippen molar-refractivity contribution in [2.45, 2.75) is 39.0 Å². The average Bonchev–Trinajstić information content (AvgIpc) is 2.44. The van der Waals surface area contributed by atoms with E-state index in [0.717, 1.165) is 33.7 Å². The normalized spacial score (nSPS) is 10.8. The van der Waals surface area contributed by atoms with Gasteiger partial charge in [0.2, 0.25) is 0 Å². The van der Waals surface area contributed by atoms with Crippen molar-refractivity contribution in [1.82, 2.24) is 0 Å². The number of benzene rings is 2. The molecule has 0 aliphatic carbocycles. The van der Waals surface area contributed by atoms with Crippen molar-refractivity contribution in [3.8, 4) is 0 Å². The summed E-state index contributed by atoms with van der Waals surface area (Å²) >= 11 is 3.54. The summed E-state index contributed by atoms with van der Waals surface area (Å²) in [7, 11) is 0. The first-order chi connectivity index (χ1) is 9.24. The van der Waals surface area contributed by atoms with E-state index >= 15 is 0 Å². The molecule has 0 aliphatic heterocycles. The first kappa shape index (κ1) is 14.3. The minimum Gasteiger partial charge on any atom is -0.294 e. The van der Waals surface area contributed by atoms with Crippen LogP contribution in [0.1, 0.15) is 49.4 Å². The van der Waals surface area contributed by atoms with Crippen molar-refractivity contribution in [2.75, 3.05) is 0 Å². The van der Waals surface area contributed by atoms with Gasteiger partial charge >= 0.3 is 0 Å².